The number of morpholine rings is 1. The van der Waals surface area contributed by atoms with Gasteiger partial charge >= 0.3 is 0 Å². The maximum Gasteiger partial charge on any atom is 0.243 e. The van der Waals surface area contributed by atoms with Crippen LogP contribution in [0.5, 0.6) is 0 Å². The summed E-state index contributed by atoms with van der Waals surface area (Å²) in [6.45, 7) is 5.48. The van der Waals surface area contributed by atoms with Crippen molar-refractivity contribution in [1.82, 2.24) is 14.5 Å². The molecule has 27 heavy (non-hydrogen) atoms. The molecule has 2 aliphatic rings. The molecular formula is C19H24N4O3S. The lowest BCUT2D eigenvalue weighted by Crippen LogP contribution is -2.40. The Kier molecular flexibility index (Phi) is 5.12. The summed E-state index contributed by atoms with van der Waals surface area (Å²) in [7, 11) is -3.55. The molecule has 0 spiro atoms. The van der Waals surface area contributed by atoms with E-state index in [9.17, 15) is 8.42 Å². The van der Waals surface area contributed by atoms with Crippen LogP contribution in [0.3, 0.4) is 0 Å². The van der Waals surface area contributed by atoms with E-state index >= 15 is 0 Å². The van der Waals surface area contributed by atoms with Gasteiger partial charge in [-0.25, -0.2) is 8.42 Å². The summed E-state index contributed by atoms with van der Waals surface area (Å²) in [6.07, 6.45) is 2.37. The van der Waals surface area contributed by atoms with Crippen LogP contribution in [-0.4, -0.2) is 62.3 Å². The number of benzene rings is 1. The molecule has 2 fully saturated rings. The van der Waals surface area contributed by atoms with Gasteiger partial charge in [0, 0.05) is 31.7 Å². The minimum absolute atomic E-state index is 0.326. The highest BCUT2D eigenvalue weighted by Gasteiger charge is 2.28. The van der Waals surface area contributed by atoms with Crippen LogP contribution in [0.1, 0.15) is 18.4 Å². The van der Waals surface area contributed by atoms with Crippen LogP contribution in [0.15, 0.2) is 35.2 Å². The number of anilines is 1. The summed E-state index contributed by atoms with van der Waals surface area (Å²) in [6, 6.07) is 9.31. The summed E-state index contributed by atoms with van der Waals surface area (Å²) in [5.41, 5.74) is 2.16. The Bertz CT molecular complexity index is 903. The van der Waals surface area contributed by atoms with Crippen LogP contribution in [0.25, 0.3) is 11.3 Å². The van der Waals surface area contributed by atoms with Gasteiger partial charge in [-0.3, -0.25) is 0 Å². The summed E-state index contributed by atoms with van der Waals surface area (Å²) in [5, 5.41) is 8.68. The summed E-state index contributed by atoms with van der Waals surface area (Å²) in [4.78, 5) is 2.55. The second-order valence-electron chi connectivity index (χ2n) is 6.97. The topological polar surface area (TPSA) is 75.6 Å². The molecule has 2 aromatic rings. The summed E-state index contributed by atoms with van der Waals surface area (Å²) in [5.74, 6) is 0.879. The Morgan fingerprint density at radius 1 is 0.963 bits per heavy atom. The lowest BCUT2D eigenvalue weighted by Gasteiger charge is -2.26. The first kappa shape index (κ1) is 18.3. The van der Waals surface area contributed by atoms with Crippen molar-refractivity contribution in [1.29, 1.82) is 0 Å². The van der Waals surface area contributed by atoms with Crippen molar-refractivity contribution < 1.29 is 13.2 Å². The number of ether oxygens (including phenoxy) is 1. The summed E-state index contributed by atoms with van der Waals surface area (Å²) < 4.78 is 32.9. The van der Waals surface area contributed by atoms with Crippen molar-refractivity contribution >= 4 is 15.8 Å². The maximum atomic E-state index is 13.0. The van der Waals surface area contributed by atoms with Gasteiger partial charge in [0.15, 0.2) is 5.82 Å². The van der Waals surface area contributed by atoms with Crippen LogP contribution in [0.4, 0.5) is 5.82 Å². The molecule has 144 valence electrons. The van der Waals surface area contributed by atoms with Crippen molar-refractivity contribution in [3.8, 4) is 11.3 Å². The van der Waals surface area contributed by atoms with Gasteiger partial charge in [0.25, 0.3) is 0 Å². The second-order valence-corrected chi connectivity index (χ2v) is 8.87. The van der Waals surface area contributed by atoms with E-state index < -0.39 is 10.0 Å². The van der Waals surface area contributed by atoms with Gasteiger partial charge in [-0.2, -0.15) is 4.31 Å². The van der Waals surface area contributed by atoms with Crippen molar-refractivity contribution in [3.05, 3.63) is 35.9 Å². The minimum Gasteiger partial charge on any atom is -0.379 e. The first-order valence-corrected chi connectivity index (χ1v) is 10.8. The molecule has 0 atom stereocenters. The van der Waals surface area contributed by atoms with Crippen LogP contribution in [0, 0.1) is 6.92 Å². The van der Waals surface area contributed by atoms with Crippen LogP contribution in [0.2, 0.25) is 0 Å². The molecule has 0 amide bonds. The van der Waals surface area contributed by atoms with Crippen LogP contribution < -0.4 is 4.90 Å². The average molecular weight is 388 g/mol. The molecule has 2 aliphatic heterocycles. The monoisotopic (exact) mass is 388 g/mol. The quantitative estimate of drug-likeness (QED) is 0.798. The molecule has 0 radical (unpaired) electrons. The number of aromatic nitrogens is 2. The number of hydrogen-bond donors (Lipinski definition) is 0. The Hall–Kier alpha value is -2.03. The fourth-order valence-electron chi connectivity index (χ4n) is 3.56. The van der Waals surface area contributed by atoms with E-state index in [1.54, 1.807) is 6.07 Å². The Morgan fingerprint density at radius 2 is 1.70 bits per heavy atom. The highest BCUT2D eigenvalue weighted by atomic mass is 32.2. The number of nitrogens with zero attached hydrogens (tertiary/aromatic N) is 4. The molecule has 1 aromatic heterocycles. The van der Waals surface area contributed by atoms with E-state index in [-0.39, 0.29) is 0 Å². The van der Waals surface area contributed by atoms with Gasteiger partial charge in [-0.1, -0.05) is 12.1 Å². The number of rotatable bonds is 4. The molecule has 0 aliphatic carbocycles. The third-order valence-electron chi connectivity index (χ3n) is 5.15. The fourth-order valence-corrected chi connectivity index (χ4v) is 5.22. The lowest BCUT2D eigenvalue weighted by atomic mass is 10.1. The molecule has 0 unspecified atom stereocenters. The number of aryl methyl sites for hydroxylation is 1. The normalized spacial score (nSPS) is 18.8. The molecule has 0 saturated carbocycles. The van der Waals surface area contributed by atoms with E-state index in [0.29, 0.717) is 36.9 Å². The largest absolute Gasteiger partial charge is 0.379 e. The predicted molar refractivity (Wildman–Crippen MR) is 103 cm³/mol. The first-order chi connectivity index (χ1) is 13.1. The Balaban J connectivity index is 1.64. The van der Waals surface area contributed by atoms with Crippen molar-refractivity contribution in [2.24, 2.45) is 0 Å². The predicted octanol–water partition coefficient (Wildman–Crippen LogP) is 2.07. The molecule has 2 saturated heterocycles. The molecular weight excluding hydrogens is 364 g/mol. The molecule has 0 N–H and O–H groups in total. The number of sulfonamides is 1. The molecule has 8 heteroatoms. The first-order valence-electron chi connectivity index (χ1n) is 9.33. The fraction of sp³-hybridized carbons (Fsp3) is 0.474. The van der Waals surface area contributed by atoms with E-state index in [2.05, 4.69) is 15.1 Å². The van der Waals surface area contributed by atoms with Crippen molar-refractivity contribution in [2.75, 3.05) is 44.3 Å². The third kappa shape index (κ3) is 3.69. The lowest BCUT2D eigenvalue weighted by molar-refractivity contribution is 0.0730. The average Bonchev–Trinajstić information content (AvgIpc) is 3.24. The molecule has 1 aromatic carbocycles. The van der Waals surface area contributed by atoms with Crippen molar-refractivity contribution in [3.63, 3.8) is 0 Å². The highest BCUT2D eigenvalue weighted by molar-refractivity contribution is 7.89. The molecule has 4 rings (SSSR count). The highest BCUT2D eigenvalue weighted by Crippen LogP contribution is 2.27. The molecule has 3 heterocycles. The Labute approximate surface area is 160 Å². The Morgan fingerprint density at radius 3 is 2.37 bits per heavy atom. The van der Waals surface area contributed by atoms with Gasteiger partial charge in [-0.05, 0) is 43.5 Å². The standard InChI is InChI=1S/C19H24N4O3S/c1-15-4-5-16(14-18(15)27(24,25)23-10-12-26-13-11-23)17-6-7-19(21-20-17)22-8-2-3-9-22/h4-7,14H,2-3,8-13H2,1H3. The number of hydrogen-bond acceptors (Lipinski definition) is 6. The minimum atomic E-state index is -3.55. The van der Waals surface area contributed by atoms with Gasteiger partial charge in [-0.15, -0.1) is 10.2 Å². The van der Waals surface area contributed by atoms with E-state index in [1.807, 2.05) is 31.2 Å². The van der Waals surface area contributed by atoms with Gasteiger partial charge in [0.1, 0.15) is 0 Å². The van der Waals surface area contributed by atoms with Gasteiger partial charge in [0.2, 0.25) is 10.0 Å². The van der Waals surface area contributed by atoms with E-state index in [1.165, 1.54) is 17.1 Å². The maximum absolute atomic E-state index is 13.0. The SMILES string of the molecule is Cc1ccc(-c2ccc(N3CCCC3)nn2)cc1S(=O)(=O)N1CCOCC1. The van der Waals surface area contributed by atoms with Crippen LogP contribution in [-0.2, 0) is 14.8 Å². The van der Waals surface area contributed by atoms with Gasteiger partial charge < -0.3 is 9.64 Å². The van der Waals surface area contributed by atoms with E-state index in [0.717, 1.165) is 30.0 Å². The third-order valence-corrected chi connectivity index (χ3v) is 7.19. The second kappa shape index (κ2) is 7.53. The molecule has 0 bridgehead atoms. The van der Waals surface area contributed by atoms with Gasteiger partial charge in [0.05, 0.1) is 23.8 Å². The van der Waals surface area contributed by atoms with Crippen LogP contribution >= 0.6 is 0 Å². The zero-order valence-electron chi connectivity index (χ0n) is 15.5. The zero-order chi connectivity index (χ0) is 18.9. The van der Waals surface area contributed by atoms with Crippen molar-refractivity contribution in [2.45, 2.75) is 24.7 Å². The van der Waals surface area contributed by atoms with E-state index in [4.69, 9.17) is 4.74 Å². The zero-order valence-corrected chi connectivity index (χ0v) is 16.3. The molecule has 7 nitrogen and oxygen atoms in total. The summed E-state index contributed by atoms with van der Waals surface area (Å²) >= 11 is 0. The smallest absolute Gasteiger partial charge is 0.243 e.